The maximum Gasteiger partial charge on any atom is 0.169 e. The topological polar surface area (TPSA) is 80.9 Å². The highest BCUT2D eigenvalue weighted by Gasteiger charge is 2.16. The van der Waals surface area contributed by atoms with E-state index >= 15 is 0 Å². The standard InChI is InChI=1S/C12H10O4/c13-8-4-2-1-3-7(8)11-9(14)5-6-10(15)12(11)16/h1-6,13-16H. The third kappa shape index (κ3) is 1.50. The van der Waals surface area contributed by atoms with Gasteiger partial charge in [-0.1, -0.05) is 18.2 Å². The van der Waals surface area contributed by atoms with Crippen LogP contribution in [0.15, 0.2) is 36.4 Å². The molecule has 0 heterocycles. The molecule has 0 aliphatic heterocycles. The first-order chi connectivity index (χ1) is 7.61. The lowest BCUT2D eigenvalue weighted by molar-refractivity contribution is 0.398. The fraction of sp³-hybridized carbons (Fsp3) is 0. The predicted octanol–water partition coefficient (Wildman–Crippen LogP) is 2.18. The summed E-state index contributed by atoms with van der Waals surface area (Å²) in [5.41, 5.74) is 0.270. The third-order valence-electron chi connectivity index (χ3n) is 2.31. The first kappa shape index (κ1) is 10.2. The Labute approximate surface area is 91.7 Å². The van der Waals surface area contributed by atoms with Crippen LogP contribution >= 0.6 is 0 Å². The molecule has 0 saturated heterocycles. The number of hydrogen-bond acceptors (Lipinski definition) is 4. The van der Waals surface area contributed by atoms with Crippen LogP contribution in [0.3, 0.4) is 0 Å². The van der Waals surface area contributed by atoms with Gasteiger partial charge in [-0.25, -0.2) is 0 Å². The summed E-state index contributed by atoms with van der Waals surface area (Å²) in [5, 5.41) is 38.2. The number of phenols is 4. The van der Waals surface area contributed by atoms with Crippen molar-refractivity contribution in [2.24, 2.45) is 0 Å². The zero-order chi connectivity index (χ0) is 11.7. The molecule has 2 rings (SSSR count). The molecule has 0 unspecified atom stereocenters. The first-order valence-corrected chi connectivity index (χ1v) is 4.63. The molecule has 0 radical (unpaired) electrons. The highest BCUT2D eigenvalue weighted by molar-refractivity contribution is 5.82. The van der Waals surface area contributed by atoms with Crippen molar-refractivity contribution in [3.8, 4) is 34.1 Å². The van der Waals surface area contributed by atoms with Crippen LogP contribution in [-0.2, 0) is 0 Å². The predicted molar refractivity (Wildman–Crippen MR) is 58.5 cm³/mol. The smallest absolute Gasteiger partial charge is 0.169 e. The first-order valence-electron chi connectivity index (χ1n) is 4.63. The quantitative estimate of drug-likeness (QED) is 0.437. The number of hydrogen-bond donors (Lipinski definition) is 4. The fourth-order valence-electron chi connectivity index (χ4n) is 1.52. The van der Waals surface area contributed by atoms with Crippen LogP contribution in [-0.4, -0.2) is 20.4 Å². The molecule has 0 aliphatic carbocycles. The van der Waals surface area contributed by atoms with Crippen molar-refractivity contribution in [2.45, 2.75) is 0 Å². The Morgan fingerprint density at radius 1 is 0.625 bits per heavy atom. The minimum Gasteiger partial charge on any atom is -0.507 e. The molecule has 0 bridgehead atoms. The lowest BCUT2D eigenvalue weighted by Gasteiger charge is -2.10. The van der Waals surface area contributed by atoms with E-state index in [0.717, 1.165) is 0 Å². The second kappa shape index (κ2) is 3.66. The lowest BCUT2D eigenvalue weighted by atomic mass is 10.0. The molecule has 4 heteroatoms. The van der Waals surface area contributed by atoms with Gasteiger partial charge in [0.05, 0.1) is 5.56 Å². The maximum absolute atomic E-state index is 9.64. The van der Waals surface area contributed by atoms with Crippen molar-refractivity contribution < 1.29 is 20.4 Å². The average molecular weight is 218 g/mol. The Kier molecular flexibility index (Phi) is 2.32. The van der Waals surface area contributed by atoms with Gasteiger partial charge in [0.1, 0.15) is 11.5 Å². The molecule has 0 amide bonds. The Morgan fingerprint density at radius 2 is 1.25 bits per heavy atom. The van der Waals surface area contributed by atoms with Crippen molar-refractivity contribution in [2.75, 3.05) is 0 Å². The number of aromatic hydroxyl groups is 4. The normalized spacial score (nSPS) is 10.2. The summed E-state index contributed by atoms with van der Waals surface area (Å²) >= 11 is 0. The van der Waals surface area contributed by atoms with Crippen molar-refractivity contribution in [1.82, 2.24) is 0 Å². The lowest BCUT2D eigenvalue weighted by Crippen LogP contribution is -1.82. The van der Waals surface area contributed by atoms with E-state index in [1.165, 1.54) is 24.3 Å². The van der Waals surface area contributed by atoms with Crippen LogP contribution in [0.25, 0.3) is 11.1 Å². The molecule has 0 aliphatic rings. The van der Waals surface area contributed by atoms with Gasteiger partial charge in [0.2, 0.25) is 0 Å². The monoisotopic (exact) mass is 218 g/mol. The van der Waals surface area contributed by atoms with Gasteiger partial charge >= 0.3 is 0 Å². The van der Waals surface area contributed by atoms with E-state index in [0.29, 0.717) is 0 Å². The molecule has 4 nitrogen and oxygen atoms in total. The molecule has 0 aromatic heterocycles. The third-order valence-corrected chi connectivity index (χ3v) is 2.31. The number of para-hydroxylation sites is 1. The molecule has 0 atom stereocenters. The van der Waals surface area contributed by atoms with Gasteiger partial charge < -0.3 is 20.4 Å². The fourth-order valence-corrected chi connectivity index (χ4v) is 1.52. The molecule has 16 heavy (non-hydrogen) atoms. The largest absolute Gasteiger partial charge is 0.507 e. The van der Waals surface area contributed by atoms with E-state index in [4.69, 9.17) is 0 Å². The Hall–Kier alpha value is -2.36. The van der Waals surface area contributed by atoms with Crippen molar-refractivity contribution in [3.63, 3.8) is 0 Å². The molecule has 0 fully saturated rings. The van der Waals surface area contributed by atoms with Crippen LogP contribution in [0.5, 0.6) is 23.0 Å². The summed E-state index contributed by atoms with van der Waals surface area (Å²) < 4.78 is 0. The second-order valence-corrected chi connectivity index (χ2v) is 3.34. The van der Waals surface area contributed by atoms with Crippen LogP contribution in [0.4, 0.5) is 0 Å². The second-order valence-electron chi connectivity index (χ2n) is 3.34. The SMILES string of the molecule is Oc1ccccc1-c1c(O)ccc(O)c1O. The zero-order valence-electron chi connectivity index (χ0n) is 8.25. The number of benzene rings is 2. The summed E-state index contributed by atoms with van der Waals surface area (Å²) in [4.78, 5) is 0. The highest BCUT2D eigenvalue weighted by atomic mass is 16.3. The van der Waals surface area contributed by atoms with Gasteiger partial charge in [-0.05, 0) is 18.2 Å². The van der Waals surface area contributed by atoms with Crippen LogP contribution in [0.1, 0.15) is 0 Å². The van der Waals surface area contributed by atoms with Crippen molar-refractivity contribution >= 4 is 0 Å². The number of rotatable bonds is 1. The van der Waals surface area contributed by atoms with Crippen LogP contribution in [0.2, 0.25) is 0 Å². The zero-order valence-corrected chi connectivity index (χ0v) is 8.25. The van der Waals surface area contributed by atoms with E-state index in [9.17, 15) is 20.4 Å². The summed E-state index contributed by atoms with van der Waals surface area (Å²) in [5.74, 6) is -1.10. The maximum atomic E-state index is 9.64. The van der Waals surface area contributed by atoms with Gasteiger partial charge in [0.25, 0.3) is 0 Å². The minimum absolute atomic E-state index is 0.0121. The Balaban J connectivity index is 2.74. The van der Waals surface area contributed by atoms with E-state index in [-0.39, 0.29) is 28.4 Å². The van der Waals surface area contributed by atoms with Gasteiger partial charge in [0.15, 0.2) is 11.5 Å². The van der Waals surface area contributed by atoms with Crippen LogP contribution in [0, 0.1) is 0 Å². The van der Waals surface area contributed by atoms with Gasteiger partial charge in [0, 0.05) is 5.56 Å². The molecular formula is C12H10O4. The molecule has 0 saturated carbocycles. The summed E-state index contributed by atoms with van der Waals surface area (Å²) in [6, 6.07) is 8.65. The van der Waals surface area contributed by atoms with E-state index in [2.05, 4.69) is 0 Å². The van der Waals surface area contributed by atoms with Gasteiger partial charge in [-0.2, -0.15) is 0 Å². The van der Waals surface area contributed by atoms with Crippen LogP contribution < -0.4 is 0 Å². The molecule has 82 valence electrons. The molecule has 0 spiro atoms. The van der Waals surface area contributed by atoms with E-state index < -0.39 is 5.75 Å². The molecule has 4 N–H and O–H groups in total. The van der Waals surface area contributed by atoms with E-state index in [1.54, 1.807) is 12.1 Å². The Bertz CT molecular complexity index is 535. The molecule has 2 aromatic carbocycles. The average Bonchev–Trinajstić information content (AvgIpc) is 2.27. The summed E-state index contributed by atoms with van der Waals surface area (Å²) in [6.45, 7) is 0. The van der Waals surface area contributed by atoms with Gasteiger partial charge in [-0.15, -0.1) is 0 Å². The number of phenolic OH excluding ortho intramolecular Hbond substituents is 4. The van der Waals surface area contributed by atoms with E-state index in [1.807, 2.05) is 0 Å². The Morgan fingerprint density at radius 3 is 1.94 bits per heavy atom. The summed E-state index contributed by atoms with van der Waals surface area (Å²) in [6.07, 6.45) is 0. The van der Waals surface area contributed by atoms with Crippen molar-refractivity contribution in [3.05, 3.63) is 36.4 Å². The van der Waals surface area contributed by atoms with Crippen molar-refractivity contribution in [1.29, 1.82) is 0 Å². The minimum atomic E-state index is -0.457. The molecule has 2 aromatic rings. The van der Waals surface area contributed by atoms with Gasteiger partial charge in [-0.3, -0.25) is 0 Å². The summed E-state index contributed by atoms with van der Waals surface area (Å²) in [7, 11) is 0. The highest BCUT2D eigenvalue weighted by Crippen LogP contribution is 2.45. The molecular weight excluding hydrogens is 208 g/mol.